The van der Waals surface area contributed by atoms with E-state index in [1.807, 2.05) is 30.3 Å². The van der Waals surface area contributed by atoms with Crippen molar-refractivity contribution in [2.75, 3.05) is 31.9 Å². The highest BCUT2D eigenvalue weighted by Crippen LogP contribution is 2.43. The lowest BCUT2D eigenvalue weighted by molar-refractivity contribution is -0.138. The predicted molar refractivity (Wildman–Crippen MR) is 148 cm³/mol. The Kier molecular flexibility index (Phi) is 8.97. The monoisotopic (exact) mass is 545 g/mol. The first-order valence-corrected chi connectivity index (χ1v) is 13.0. The Hall–Kier alpha value is -4.62. The number of carbonyl (C=O) groups excluding carboxylic acids is 2. The second-order valence-corrected chi connectivity index (χ2v) is 9.19. The Morgan fingerprint density at radius 1 is 1.10 bits per heavy atom. The predicted octanol–water partition coefficient (Wildman–Crippen LogP) is 5.07. The number of anilines is 1. The van der Waals surface area contributed by atoms with E-state index in [1.165, 1.54) is 13.4 Å². The Balaban J connectivity index is 1.68. The van der Waals surface area contributed by atoms with Crippen LogP contribution in [0.2, 0.25) is 0 Å². The zero-order valence-corrected chi connectivity index (χ0v) is 22.5. The number of thioether (sulfide) groups is 1. The number of allylic oxidation sites excluding steroid dienone is 1. The number of nitrogens with zero attached hydrogens (tertiary/aromatic N) is 1. The van der Waals surface area contributed by atoms with Gasteiger partial charge in [-0.1, -0.05) is 42.1 Å². The van der Waals surface area contributed by atoms with Crippen molar-refractivity contribution in [2.24, 2.45) is 0 Å². The number of furan rings is 1. The molecular formula is C29H27N3O6S. The van der Waals surface area contributed by atoms with Crippen molar-refractivity contribution in [2.45, 2.75) is 12.8 Å². The van der Waals surface area contributed by atoms with E-state index in [0.29, 0.717) is 33.7 Å². The first-order valence-electron chi connectivity index (χ1n) is 12.1. The van der Waals surface area contributed by atoms with Gasteiger partial charge in [-0.25, -0.2) is 4.79 Å². The Bertz CT molecular complexity index is 1440. The molecule has 1 unspecified atom stereocenters. The molecule has 1 aromatic heterocycles. The lowest BCUT2D eigenvalue weighted by Gasteiger charge is -2.29. The molecule has 0 saturated heterocycles. The second kappa shape index (κ2) is 12.8. The minimum absolute atomic E-state index is 0.0234. The zero-order valence-electron chi connectivity index (χ0n) is 21.6. The number of ether oxygens (including phenoxy) is 3. The van der Waals surface area contributed by atoms with Crippen LogP contribution >= 0.6 is 11.8 Å². The molecule has 0 radical (unpaired) electrons. The Morgan fingerprint density at radius 3 is 2.54 bits per heavy atom. The third-order valence-corrected chi connectivity index (χ3v) is 6.88. The molecule has 39 heavy (non-hydrogen) atoms. The van der Waals surface area contributed by atoms with Crippen LogP contribution in [0.1, 0.15) is 24.2 Å². The first-order chi connectivity index (χ1) is 19.0. The molecule has 0 fully saturated rings. The molecule has 3 aromatic rings. The van der Waals surface area contributed by atoms with Crippen LogP contribution in [0.3, 0.4) is 0 Å². The maximum atomic E-state index is 13.2. The average molecular weight is 546 g/mol. The van der Waals surface area contributed by atoms with E-state index in [0.717, 1.165) is 17.3 Å². The summed E-state index contributed by atoms with van der Waals surface area (Å²) in [6, 6.07) is 20.0. The third-order valence-electron chi connectivity index (χ3n) is 5.87. The summed E-state index contributed by atoms with van der Waals surface area (Å²) in [4.78, 5) is 26.2. The van der Waals surface area contributed by atoms with E-state index in [1.54, 1.807) is 44.4 Å². The molecule has 1 aliphatic heterocycles. The van der Waals surface area contributed by atoms with Gasteiger partial charge in [-0.2, -0.15) is 5.26 Å². The van der Waals surface area contributed by atoms with E-state index >= 15 is 0 Å². The number of benzene rings is 2. The second-order valence-electron chi connectivity index (χ2n) is 8.21. The number of hydrogen-bond acceptors (Lipinski definition) is 9. The van der Waals surface area contributed by atoms with Gasteiger partial charge in [0.25, 0.3) is 0 Å². The summed E-state index contributed by atoms with van der Waals surface area (Å²) < 4.78 is 21.6. The van der Waals surface area contributed by atoms with E-state index in [4.69, 9.17) is 18.6 Å². The van der Waals surface area contributed by atoms with Crippen molar-refractivity contribution in [1.82, 2.24) is 5.32 Å². The lowest BCUT2D eigenvalue weighted by atomic mass is 9.84. The Labute approximate surface area is 230 Å². The zero-order chi connectivity index (χ0) is 27.8. The summed E-state index contributed by atoms with van der Waals surface area (Å²) in [5.41, 5.74) is 2.19. The smallest absolute Gasteiger partial charge is 0.337 e. The third kappa shape index (κ3) is 6.10. The summed E-state index contributed by atoms with van der Waals surface area (Å²) in [5.74, 6) is -0.271. The van der Waals surface area contributed by atoms with Crippen molar-refractivity contribution in [3.8, 4) is 17.6 Å². The van der Waals surface area contributed by atoms with Gasteiger partial charge in [0.15, 0.2) is 0 Å². The van der Waals surface area contributed by atoms with Crippen LogP contribution in [0.25, 0.3) is 5.70 Å². The molecule has 0 aliphatic carbocycles. The number of amides is 1. The van der Waals surface area contributed by atoms with Gasteiger partial charge < -0.3 is 29.3 Å². The van der Waals surface area contributed by atoms with Crippen LogP contribution in [-0.4, -0.2) is 38.5 Å². The molecule has 2 aromatic carbocycles. The first kappa shape index (κ1) is 27.4. The number of nitriles is 1. The molecule has 0 spiro atoms. The molecular weight excluding hydrogens is 518 g/mol. The minimum Gasteiger partial charge on any atom is -0.497 e. The van der Waals surface area contributed by atoms with Crippen molar-refractivity contribution in [1.29, 1.82) is 5.26 Å². The molecule has 9 nitrogen and oxygen atoms in total. The fourth-order valence-corrected chi connectivity index (χ4v) is 4.97. The lowest BCUT2D eigenvalue weighted by Crippen LogP contribution is -2.29. The van der Waals surface area contributed by atoms with Gasteiger partial charge >= 0.3 is 5.97 Å². The summed E-state index contributed by atoms with van der Waals surface area (Å²) in [6.45, 7) is 1.88. The fourth-order valence-electron chi connectivity index (χ4n) is 4.12. The van der Waals surface area contributed by atoms with Crippen molar-refractivity contribution >= 4 is 35.0 Å². The molecule has 2 heterocycles. The quantitative estimate of drug-likeness (QED) is 0.336. The molecule has 1 atom stereocenters. The summed E-state index contributed by atoms with van der Waals surface area (Å²) >= 11 is 1.15. The van der Waals surface area contributed by atoms with E-state index in [2.05, 4.69) is 16.7 Å². The van der Waals surface area contributed by atoms with Gasteiger partial charge in [0.05, 0.1) is 72.4 Å². The van der Waals surface area contributed by atoms with E-state index in [9.17, 15) is 14.9 Å². The van der Waals surface area contributed by atoms with Gasteiger partial charge in [-0.05, 0) is 36.8 Å². The number of esters is 1. The van der Waals surface area contributed by atoms with Crippen molar-refractivity contribution in [3.05, 3.63) is 94.4 Å². The summed E-state index contributed by atoms with van der Waals surface area (Å²) in [7, 11) is 3.05. The topological polar surface area (TPSA) is 123 Å². The highest BCUT2D eigenvalue weighted by atomic mass is 32.2. The van der Waals surface area contributed by atoms with Gasteiger partial charge in [0.1, 0.15) is 17.3 Å². The normalized spacial score (nSPS) is 14.8. The number of methoxy groups -OCH3 is 2. The SMILES string of the molecule is CCOC(=O)C1=C(c2ccccc2)NC(SCC(=O)Nc2ccc(OC)cc2OC)=C(C#N)C1c1ccco1. The highest BCUT2D eigenvalue weighted by molar-refractivity contribution is 8.03. The standard InChI is InChI=1S/C29H27N3O6S/c1-4-37-29(34)26-25(22-11-8-14-38-22)20(16-30)28(32-27(26)18-9-6-5-7-10-18)39-17-24(33)31-21-13-12-19(35-2)15-23(21)36-3/h5-15,25,32H,4,17H2,1-3H3,(H,31,33). The van der Waals surface area contributed by atoms with Crippen molar-refractivity contribution < 1.29 is 28.2 Å². The van der Waals surface area contributed by atoms with Gasteiger partial charge in [0.2, 0.25) is 5.91 Å². The molecule has 0 saturated carbocycles. The molecule has 1 aliphatic rings. The van der Waals surface area contributed by atoms with E-state index < -0.39 is 11.9 Å². The largest absolute Gasteiger partial charge is 0.497 e. The van der Waals surface area contributed by atoms with Crippen LogP contribution in [-0.2, 0) is 14.3 Å². The maximum Gasteiger partial charge on any atom is 0.337 e. The van der Waals surface area contributed by atoms with Gasteiger partial charge in [-0.3, -0.25) is 4.79 Å². The van der Waals surface area contributed by atoms with Crippen LogP contribution in [0.5, 0.6) is 11.5 Å². The summed E-state index contributed by atoms with van der Waals surface area (Å²) in [5, 5.41) is 16.7. The maximum absolute atomic E-state index is 13.2. The molecule has 1 amide bonds. The number of hydrogen-bond donors (Lipinski definition) is 2. The minimum atomic E-state index is -0.826. The number of nitrogens with one attached hydrogen (secondary N) is 2. The molecule has 4 rings (SSSR count). The molecule has 200 valence electrons. The van der Waals surface area contributed by atoms with Crippen LogP contribution in [0.4, 0.5) is 5.69 Å². The van der Waals surface area contributed by atoms with Gasteiger partial charge in [0, 0.05) is 6.07 Å². The summed E-state index contributed by atoms with van der Waals surface area (Å²) in [6.07, 6.45) is 1.49. The average Bonchev–Trinajstić information content (AvgIpc) is 3.50. The van der Waals surface area contributed by atoms with Gasteiger partial charge in [-0.15, -0.1) is 0 Å². The highest BCUT2D eigenvalue weighted by Gasteiger charge is 2.39. The van der Waals surface area contributed by atoms with E-state index in [-0.39, 0.29) is 29.4 Å². The van der Waals surface area contributed by atoms with Crippen LogP contribution in [0, 0.1) is 11.3 Å². The van der Waals surface area contributed by atoms with Crippen molar-refractivity contribution in [3.63, 3.8) is 0 Å². The van der Waals surface area contributed by atoms with Crippen LogP contribution < -0.4 is 20.1 Å². The number of carbonyl (C=O) groups is 2. The number of rotatable bonds is 10. The molecule has 10 heteroatoms. The Morgan fingerprint density at radius 2 is 1.90 bits per heavy atom. The van der Waals surface area contributed by atoms with Crippen LogP contribution in [0.15, 0.2) is 87.5 Å². The molecule has 2 N–H and O–H groups in total. The molecule has 0 bridgehead atoms. The fraction of sp³-hybridized carbons (Fsp3) is 0.207. The number of dihydropyridines is 1.